The first-order chi connectivity index (χ1) is 7.64. The molecule has 1 fully saturated rings. The summed E-state index contributed by atoms with van der Waals surface area (Å²) in [5, 5.41) is 0. The number of ether oxygens (including phenoxy) is 1. The second kappa shape index (κ2) is 6.39. The van der Waals surface area contributed by atoms with E-state index in [2.05, 4.69) is 13.8 Å². The Bertz CT molecular complexity index is 221. The van der Waals surface area contributed by atoms with Crippen LogP contribution in [0.2, 0.25) is 0 Å². The Morgan fingerprint density at radius 2 is 2.19 bits per heavy atom. The van der Waals surface area contributed by atoms with Gasteiger partial charge in [-0.2, -0.15) is 0 Å². The van der Waals surface area contributed by atoms with Crippen LogP contribution in [0, 0.1) is 5.92 Å². The summed E-state index contributed by atoms with van der Waals surface area (Å²) >= 11 is 0. The molecule has 0 saturated heterocycles. The van der Waals surface area contributed by atoms with E-state index in [0.29, 0.717) is 24.7 Å². The molecule has 2 unspecified atom stereocenters. The van der Waals surface area contributed by atoms with Gasteiger partial charge in [0.25, 0.3) is 0 Å². The van der Waals surface area contributed by atoms with Crippen molar-refractivity contribution in [2.75, 3.05) is 6.61 Å². The van der Waals surface area contributed by atoms with Gasteiger partial charge in [-0.1, -0.05) is 26.7 Å². The first-order valence-electron chi connectivity index (χ1n) is 6.82. The highest BCUT2D eigenvalue weighted by Gasteiger charge is 2.41. The van der Waals surface area contributed by atoms with Gasteiger partial charge < -0.3 is 4.74 Å². The predicted molar refractivity (Wildman–Crippen MR) is 66.5 cm³/mol. The topological polar surface area (TPSA) is 26.3 Å². The number of carbonyl (C=O) groups is 1. The van der Waals surface area contributed by atoms with Crippen molar-refractivity contribution in [1.29, 1.82) is 0 Å². The monoisotopic (exact) mass is 226 g/mol. The van der Waals surface area contributed by atoms with Gasteiger partial charge in [-0.15, -0.1) is 0 Å². The molecule has 0 aromatic heterocycles. The van der Waals surface area contributed by atoms with Gasteiger partial charge in [-0.25, -0.2) is 0 Å². The molecule has 0 amide bonds. The van der Waals surface area contributed by atoms with Crippen LogP contribution >= 0.6 is 0 Å². The van der Waals surface area contributed by atoms with Gasteiger partial charge in [-0.3, -0.25) is 4.79 Å². The Labute approximate surface area is 99.8 Å². The Morgan fingerprint density at radius 3 is 2.75 bits per heavy atom. The quantitative estimate of drug-likeness (QED) is 0.689. The molecule has 0 aromatic carbocycles. The number of unbranched alkanes of at least 4 members (excludes halogenated alkanes) is 1. The van der Waals surface area contributed by atoms with Crippen molar-refractivity contribution < 1.29 is 9.53 Å². The lowest BCUT2D eigenvalue weighted by Gasteiger charge is -2.38. The average molecular weight is 226 g/mol. The molecule has 94 valence electrons. The number of hydrogen-bond acceptors (Lipinski definition) is 2. The number of Topliss-reactive ketones (excluding diaryl/α,β-unsaturated/α-hetero) is 1. The van der Waals surface area contributed by atoms with Crippen molar-refractivity contribution in [2.45, 2.75) is 71.3 Å². The zero-order chi connectivity index (χ0) is 12.0. The summed E-state index contributed by atoms with van der Waals surface area (Å²) in [4.78, 5) is 12.3. The van der Waals surface area contributed by atoms with E-state index in [1.807, 2.05) is 6.92 Å². The number of rotatable bonds is 6. The second-order valence-corrected chi connectivity index (χ2v) is 5.16. The van der Waals surface area contributed by atoms with Crippen molar-refractivity contribution in [2.24, 2.45) is 5.92 Å². The fourth-order valence-corrected chi connectivity index (χ4v) is 2.81. The normalized spacial score (nSPS) is 30.3. The molecule has 2 nitrogen and oxygen atoms in total. The zero-order valence-electron chi connectivity index (χ0n) is 11.1. The molecule has 1 rings (SSSR count). The second-order valence-electron chi connectivity index (χ2n) is 5.16. The molecule has 1 aliphatic rings. The van der Waals surface area contributed by atoms with Crippen LogP contribution in [0.25, 0.3) is 0 Å². The summed E-state index contributed by atoms with van der Waals surface area (Å²) in [5.41, 5.74) is -0.429. The SMILES string of the molecule is CCCCC(=O)C1(OCC)CCCC(C)C1. The molecule has 0 aliphatic heterocycles. The van der Waals surface area contributed by atoms with Crippen LogP contribution in [-0.2, 0) is 9.53 Å². The highest BCUT2D eigenvalue weighted by atomic mass is 16.5. The first kappa shape index (κ1) is 13.7. The molecule has 2 atom stereocenters. The molecule has 1 saturated carbocycles. The summed E-state index contributed by atoms with van der Waals surface area (Å²) in [6, 6.07) is 0. The molecule has 0 N–H and O–H groups in total. The summed E-state index contributed by atoms with van der Waals surface area (Å²) in [7, 11) is 0. The van der Waals surface area contributed by atoms with E-state index in [-0.39, 0.29) is 0 Å². The molecule has 16 heavy (non-hydrogen) atoms. The number of ketones is 1. The maximum atomic E-state index is 12.3. The molecule has 0 bridgehead atoms. The highest BCUT2D eigenvalue weighted by molar-refractivity contribution is 5.87. The predicted octanol–water partition coefficient (Wildman–Crippen LogP) is 3.73. The molecule has 0 radical (unpaired) electrons. The third kappa shape index (κ3) is 3.31. The van der Waals surface area contributed by atoms with E-state index < -0.39 is 5.60 Å². The van der Waals surface area contributed by atoms with Gasteiger partial charge in [0.15, 0.2) is 5.78 Å². The van der Waals surface area contributed by atoms with Crippen LogP contribution in [0.5, 0.6) is 0 Å². The van der Waals surface area contributed by atoms with Crippen molar-refractivity contribution >= 4 is 5.78 Å². The van der Waals surface area contributed by atoms with Gasteiger partial charge in [-0.05, 0) is 38.5 Å². The van der Waals surface area contributed by atoms with E-state index in [4.69, 9.17) is 4.74 Å². The summed E-state index contributed by atoms with van der Waals surface area (Å²) in [6.07, 6.45) is 7.04. The lowest BCUT2D eigenvalue weighted by molar-refractivity contribution is -0.151. The Balaban J connectivity index is 2.66. The lowest BCUT2D eigenvalue weighted by atomic mass is 9.75. The molecule has 0 aromatic rings. The van der Waals surface area contributed by atoms with E-state index >= 15 is 0 Å². The van der Waals surface area contributed by atoms with Gasteiger partial charge in [0.05, 0.1) is 0 Å². The first-order valence-corrected chi connectivity index (χ1v) is 6.82. The van der Waals surface area contributed by atoms with Gasteiger partial charge in [0.2, 0.25) is 0 Å². The minimum absolute atomic E-state index is 0.350. The van der Waals surface area contributed by atoms with Gasteiger partial charge >= 0.3 is 0 Å². The molecular formula is C14H26O2. The zero-order valence-corrected chi connectivity index (χ0v) is 11.1. The fraction of sp³-hybridized carbons (Fsp3) is 0.929. The van der Waals surface area contributed by atoms with Crippen LogP contribution in [0.15, 0.2) is 0 Å². The number of hydrogen-bond donors (Lipinski definition) is 0. The van der Waals surface area contributed by atoms with Crippen molar-refractivity contribution in [3.05, 3.63) is 0 Å². The maximum Gasteiger partial charge on any atom is 0.164 e. The van der Waals surface area contributed by atoms with Crippen molar-refractivity contribution in [3.63, 3.8) is 0 Å². The highest BCUT2D eigenvalue weighted by Crippen LogP contribution is 2.36. The molecule has 2 heteroatoms. The summed E-state index contributed by atoms with van der Waals surface area (Å²) < 4.78 is 5.85. The Hall–Kier alpha value is -0.370. The maximum absolute atomic E-state index is 12.3. The fourth-order valence-electron chi connectivity index (χ4n) is 2.81. The molecule has 0 heterocycles. The van der Waals surface area contributed by atoms with Gasteiger partial charge in [0, 0.05) is 13.0 Å². The van der Waals surface area contributed by atoms with E-state index in [0.717, 1.165) is 32.1 Å². The van der Waals surface area contributed by atoms with Crippen molar-refractivity contribution in [1.82, 2.24) is 0 Å². The Kier molecular flexibility index (Phi) is 5.47. The third-order valence-corrected chi connectivity index (χ3v) is 3.64. The molecular weight excluding hydrogens is 200 g/mol. The van der Waals surface area contributed by atoms with Crippen molar-refractivity contribution in [3.8, 4) is 0 Å². The minimum atomic E-state index is -0.429. The lowest BCUT2D eigenvalue weighted by Crippen LogP contribution is -2.45. The Morgan fingerprint density at radius 1 is 1.44 bits per heavy atom. The van der Waals surface area contributed by atoms with E-state index in [1.54, 1.807) is 0 Å². The minimum Gasteiger partial charge on any atom is -0.367 e. The van der Waals surface area contributed by atoms with Crippen LogP contribution in [0.4, 0.5) is 0 Å². The average Bonchev–Trinajstić information content (AvgIpc) is 2.26. The standard InChI is InChI=1S/C14H26O2/c1-4-6-9-13(15)14(16-5-2)10-7-8-12(3)11-14/h12H,4-11H2,1-3H3. The van der Waals surface area contributed by atoms with Crippen LogP contribution in [-0.4, -0.2) is 18.0 Å². The molecule has 1 aliphatic carbocycles. The van der Waals surface area contributed by atoms with Gasteiger partial charge in [0.1, 0.15) is 5.60 Å². The van der Waals surface area contributed by atoms with Crippen LogP contribution < -0.4 is 0 Å². The van der Waals surface area contributed by atoms with Crippen LogP contribution in [0.3, 0.4) is 0 Å². The van der Waals surface area contributed by atoms with Crippen LogP contribution in [0.1, 0.15) is 65.7 Å². The van der Waals surface area contributed by atoms with E-state index in [9.17, 15) is 4.79 Å². The number of carbonyl (C=O) groups excluding carboxylic acids is 1. The third-order valence-electron chi connectivity index (χ3n) is 3.64. The largest absolute Gasteiger partial charge is 0.367 e. The molecule has 0 spiro atoms. The smallest absolute Gasteiger partial charge is 0.164 e. The summed E-state index contributed by atoms with van der Waals surface area (Å²) in [5.74, 6) is 0.980. The summed E-state index contributed by atoms with van der Waals surface area (Å²) in [6.45, 7) is 7.02. The van der Waals surface area contributed by atoms with E-state index in [1.165, 1.54) is 6.42 Å².